The zero-order chi connectivity index (χ0) is 14.5. The number of nitrogens with one attached hydrogen (secondary N) is 1. The van der Waals surface area contributed by atoms with Gasteiger partial charge in [-0.25, -0.2) is 9.78 Å². The van der Waals surface area contributed by atoms with Crippen LogP contribution in [0.25, 0.3) is 11.0 Å². The number of hydrogen-bond donors (Lipinski definition) is 2. The average Bonchev–Trinajstić information content (AvgIpc) is 2.76. The van der Waals surface area contributed by atoms with E-state index in [2.05, 4.69) is 10.3 Å². The van der Waals surface area contributed by atoms with Gasteiger partial charge in [0.1, 0.15) is 18.3 Å². The summed E-state index contributed by atoms with van der Waals surface area (Å²) in [5.41, 5.74) is 1.73. The molecule has 2 rings (SSSR count). The molecule has 1 aromatic heterocycles. The lowest BCUT2D eigenvalue weighted by atomic mass is 10.3. The van der Waals surface area contributed by atoms with Crippen LogP contribution >= 0.6 is 0 Å². The summed E-state index contributed by atoms with van der Waals surface area (Å²) in [6, 6.07) is 5.59. The Morgan fingerprint density at radius 1 is 1.45 bits per heavy atom. The van der Waals surface area contributed by atoms with E-state index in [0.717, 1.165) is 22.6 Å². The Bertz CT molecular complexity index is 609. The summed E-state index contributed by atoms with van der Waals surface area (Å²) >= 11 is 0. The van der Waals surface area contributed by atoms with Crippen molar-refractivity contribution < 1.29 is 19.4 Å². The molecule has 0 radical (unpaired) electrons. The van der Waals surface area contributed by atoms with Gasteiger partial charge >= 0.3 is 6.09 Å². The molecule has 1 heterocycles. The van der Waals surface area contributed by atoms with E-state index >= 15 is 0 Å². The first-order chi connectivity index (χ1) is 9.65. The molecule has 2 N–H and O–H groups in total. The van der Waals surface area contributed by atoms with Gasteiger partial charge in [0.25, 0.3) is 0 Å². The number of amides is 1. The molecular weight excluding hydrogens is 262 g/mol. The number of aromatic nitrogens is 2. The van der Waals surface area contributed by atoms with E-state index < -0.39 is 6.09 Å². The van der Waals surface area contributed by atoms with E-state index in [1.165, 1.54) is 0 Å². The van der Waals surface area contributed by atoms with Gasteiger partial charge in [-0.3, -0.25) is 0 Å². The Kier molecular flexibility index (Phi) is 4.41. The minimum Gasteiger partial charge on any atom is -0.497 e. The third kappa shape index (κ3) is 3.00. The summed E-state index contributed by atoms with van der Waals surface area (Å²) in [4.78, 5) is 15.0. The van der Waals surface area contributed by atoms with Crippen molar-refractivity contribution in [2.75, 3.05) is 20.8 Å². The molecular formula is C13H17N3O4. The third-order valence-corrected chi connectivity index (χ3v) is 2.92. The smallest absolute Gasteiger partial charge is 0.404 e. The molecule has 0 unspecified atom stereocenters. The maximum atomic E-state index is 10.5. The molecule has 0 spiro atoms. The molecule has 0 fully saturated rings. The second kappa shape index (κ2) is 6.25. The average molecular weight is 279 g/mol. The Morgan fingerprint density at radius 3 is 2.90 bits per heavy atom. The molecule has 0 saturated heterocycles. The minimum absolute atomic E-state index is 0.305. The number of carbonyl (C=O) groups is 1. The highest BCUT2D eigenvalue weighted by molar-refractivity contribution is 5.77. The van der Waals surface area contributed by atoms with Gasteiger partial charge in [-0.05, 0) is 12.1 Å². The van der Waals surface area contributed by atoms with Crippen LogP contribution in [-0.2, 0) is 17.9 Å². The van der Waals surface area contributed by atoms with Crippen molar-refractivity contribution in [2.45, 2.75) is 13.2 Å². The van der Waals surface area contributed by atoms with Gasteiger partial charge < -0.3 is 24.5 Å². The molecule has 0 atom stereocenters. The first-order valence-electron chi connectivity index (χ1n) is 6.14. The number of nitrogens with zero attached hydrogens (tertiary/aromatic N) is 2. The summed E-state index contributed by atoms with van der Waals surface area (Å²) in [5.74, 6) is 1.51. The molecule has 0 aliphatic rings. The standard InChI is InChI=1S/C13H17N3O4/c1-19-8-16-11-7-9(20-2)3-4-10(11)15-12(16)5-6-14-13(17)18/h3-4,7,14H,5-6,8H2,1-2H3,(H,17,18). The number of imidazole rings is 1. The highest BCUT2D eigenvalue weighted by Gasteiger charge is 2.11. The summed E-state index contributed by atoms with van der Waals surface area (Å²) in [6.07, 6.45) is -0.548. The number of fused-ring (bicyclic) bond motifs is 1. The molecule has 1 amide bonds. The van der Waals surface area contributed by atoms with Crippen LogP contribution in [0.4, 0.5) is 4.79 Å². The van der Waals surface area contributed by atoms with Crippen LogP contribution in [0.15, 0.2) is 18.2 Å². The van der Waals surface area contributed by atoms with E-state index in [9.17, 15) is 4.79 Å². The summed E-state index contributed by atoms with van der Waals surface area (Å²) in [5, 5.41) is 10.9. The van der Waals surface area contributed by atoms with E-state index in [4.69, 9.17) is 14.6 Å². The number of carboxylic acid groups (broad SMARTS) is 1. The van der Waals surface area contributed by atoms with Gasteiger partial charge in [-0.15, -0.1) is 0 Å². The van der Waals surface area contributed by atoms with Gasteiger partial charge in [0.2, 0.25) is 0 Å². The lowest BCUT2D eigenvalue weighted by molar-refractivity contribution is 0.132. The lowest BCUT2D eigenvalue weighted by Gasteiger charge is -2.08. The van der Waals surface area contributed by atoms with Gasteiger partial charge in [0, 0.05) is 26.1 Å². The third-order valence-electron chi connectivity index (χ3n) is 2.92. The molecule has 7 nitrogen and oxygen atoms in total. The van der Waals surface area contributed by atoms with Gasteiger partial charge in [0.05, 0.1) is 18.1 Å². The van der Waals surface area contributed by atoms with Crippen LogP contribution < -0.4 is 10.1 Å². The van der Waals surface area contributed by atoms with Crippen LogP contribution in [0, 0.1) is 0 Å². The molecule has 0 aliphatic carbocycles. The Labute approximate surface area is 116 Å². The van der Waals surface area contributed by atoms with Crippen LogP contribution in [0.2, 0.25) is 0 Å². The summed E-state index contributed by atoms with van der Waals surface area (Å²) < 4.78 is 12.3. The van der Waals surface area contributed by atoms with E-state index in [1.807, 2.05) is 22.8 Å². The first kappa shape index (κ1) is 14.1. The zero-order valence-electron chi connectivity index (χ0n) is 11.4. The molecule has 20 heavy (non-hydrogen) atoms. The highest BCUT2D eigenvalue weighted by atomic mass is 16.5. The lowest BCUT2D eigenvalue weighted by Crippen LogP contribution is -2.24. The zero-order valence-corrected chi connectivity index (χ0v) is 11.4. The summed E-state index contributed by atoms with van der Waals surface area (Å²) in [7, 11) is 3.21. The second-order valence-corrected chi connectivity index (χ2v) is 4.21. The number of methoxy groups -OCH3 is 2. The van der Waals surface area contributed by atoms with Crippen LogP contribution in [0.1, 0.15) is 5.82 Å². The largest absolute Gasteiger partial charge is 0.497 e. The van der Waals surface area contributed by atoms with Gasteiger partial charge in [-0.2, -0.15) is 0 Å². The highest BCUT2D eigenvalue weighted by Crippen LogP contribution is 2.22. The number of ether oxygens (including phenoxy) is 2. The molecule has 0 aliphatic heterocycles. The minimum atomic E-state index is -1.04. The van der Waals surface area contributed by atoms with Crippen molar-refractivity contribution in [3.8, 4) is 5.75 Å². The topological polar surface area (TPSA) is 85.6 Å². The molecule has 108 valence electrons. The van der Waals surface area contributed by atoms with Gasteiger partial charge in [0.15, 0.2) is 0 Å². The van der Waals surface area contributed by atoms with E-state index in [1.54, 1.807) is 14.2 Å². The van der Waals surface area contributed by atoms with Gasteiger partial charge in [-0.1, -0.05) is 0 Å². The van der Waals surface area contributed by atoms with Crippen molar-refractivity contribution in [3.63, 3.8) is 0 Å². The molecule has 2 aromatic rings. The SMILES string of the molecule is COCn1c(CCNC(=O)O)nc2ccc(OC)cc21. The fraction of sp³-hybridized carbons (Fsp3) is 0.385. The van der Waals surface area contributed by atoms with Crippen LogP contribution in [0.5, 0.6) is 5.75 Å². The maximum absolute atomic E-state index is 10.5. The normalized spacial score (nSPS) is 10.7. The maximum Gasteiger partial charge on any atom is 0.404 e. The Hall–Kier alpha value is -2.28. The van der Waals surface area contributed by atoms with Crippen LogP contribution in [0.3, 0.4) is 0 Å². The fourth-order valence-electron chi connectivity index (χ4n) is 2.02. The predicted octanol–water partition coefficient (Wildman–Crippen LogP) is 1.46. The Morgan fingerprint density at radius 2 is 2.25 bits per heavy atom. The van der Waals surface area contributed by atoms with Crippen molar-refractivity contribution in [2.24, 2.45) is 0 Å². The van der Waals surface area contributed by atoms with Crippen molar-refractivity contribution in [3.05, 3.63) is 24.0 Å². The van der Waals surface area contributed by atoms with Crippen molar-refractivity contribution >= 4 is 17.1 Å². The molecule has 7 heteroatoms. The molecule has 1 aromatic carbocycles. The fourth-order valence-corrected chi connectivity index (χ4v) is 2.02. The number of hydrogen-bond acceptors (Lipinski definition) is 4. The van der Waals surface area contributed by atoms with E-state index in [-0.39, 0.29) is 0 Å². The second-order valence-electron chi connectivity index (χ2n) is 4.21. The van der Waals surface area contributed by atoms with Crippen LogP contribution in [-0.4, -0.2) is 41.5 Å². The first-order valence-corrected chi connectivity index (χ1v) is 6.14. The molecule has 0 bridgehead atoms. The Balaban J connectivity index is 2.32. The van der Waals surface area contributed by atoms with E-state index in [0.29, 0.717) is 19.7 Å². The number of benzene rings is 1. The number of rotatable bonds is 6. The molecule has 0 saturated carbocycles. The monoisotopic (exact) mass is 279 g/mol. The summed E-state index contributed by atoms with van der Waals surface area (Å²) in [6.45, 7) is 0.658. The van der Waals surface area contributed by atoms with Crippen molar-refractivity contribution in [1.29, 1.82) is 0 Å². The quantitative estimate of drug-likeness (QED) is 0.836. The predicted molar refractivity (Wildman–Crippen MR) is 73.0 cm³/mol. The van der Waals surface area contributed by atoms with Crippen molar-refractivity contribution in [1.82, 2.24) is 14.9 Å².